The second kappa shape index (κ2) is 2.42. The second-order valence-electron chi connectivity index (χ2n) is 1.62. The van der Waals surface area contributed by atoms with E-state index in [0.29, 0.717) is 6.54 Å². The molecule has 0 radical (unpaired) electrons. The molecule has 1 heterocycles. The molecule has 1 rings (SSSR count). The van der Waals surface area contributed by atoms with Gasteiger partial charge in [0.05, 0.1) is 0 Å². The van der Waals surface area contributed by atoms with Gasteiger partial charge < -0.3 is 5.11 Å². The molecule has 0 amide bonds. The van der Waals surface area contributed by atoms with Gasteiger partial charge in [-0.1, -0.05) is 0 Å². The van der Waals surface area contributed by atoms with Gasteiger partial charge in [-0.2, -0.15) is 0 Å². The Hall–Kier alpha value is -1.46. The summed E-state index contributed by atoms with van der Waals surface area (Å²) in [6, 6.07) is 0. The van der Waals surface area contributed by atoms with E-state index in [9.17, 15) is 4.79 Å². The number of aromatic nitrogens is 4. The van der Waals surface area contributed by atoms with Crippen molar-refractivity contribution >= 4 is 5.97 Å². The van der Waals surface area contributed by atoms with Gasteiger partial charge in [0.2, 0.25) is 0 Å². The first-order chi connectivity index (χ1) is 4.75. The number of aryl methyl sites for hydroxylation is 1. The Morgan fingerprint density at radius 3 is 2.90 bits per heavy atom. The van der Waals surface area contributed by atoms with E-state index in [0.717, 1.165) is 0 Å². The van der Waals surface area contributed by atoms with Crippen molar-refractivity contribution in [3.63, 3.8) is 0 Å². The second-order valence-corrected chi connectivity index (χ2v) is 1.62. The highest BCUT2D eigenvalue weighted by molar-refractivity contribution is 5.82. The van der Waals surface area contributed by atoms with Gasteiger partial charge in [-0.3, -0.25) is 0 Å². The zero-order valence-electron chi connectivity index (χ0n) is 5.35. The standard InChI is InChI=1S/C4H6N4O2/c1-2-8-3(4(9)10)5-6-7-8/h2H2,1H3,(H,9,10). The van der Waals surface area contributed by atoms with Gasteiger partial charge in [-0.15, -0.1) is 5.10 Å². The van der Waals surface area contributed by atoms with Crippen LogP contribution in [0.3, 0.4) is 0 Å². The molecule has 0 aliphatic carbocycles. The maximum Gasteiger partial charge on any atom is 0.375 e. The summed E-state index contributed by atoms with van der Waals surface area (Å²) < 4.78 is 1.21. The zero-order valence-corrected chi connectivity index (χ0v) is 5.35. The van der Waals surface area contributed by atoms with Crippen LogP contribution >= 0.6 is 0 Å². The predicted molar refractivity (Wildman–Crippen MR) is 30.5 cm³/mol. The monoisotopic (exact) mass is 142 g/mol. The fourth-order valence-electron chi connectivity index (χ4n) is 0.571. The average molecular weight is 142 g/mol. The lowest BCUT2D eigenvalue weighted by Gasteiger charge is -1.92. The first kappa shape index (κ1) is 6.66. The maximum atomic E-state index is 10.3. The van der Waals surface area contributed by atoms with Crippen LogP contribution in [0.2, 0.25) is 0 Å². The van der Waals surface area contributed by atoms with Gasteiger partial charge >= 0.3 is 5.97 Å². The lowest BCUT2D eigenvalue weighted by Crippen LogP contribution is -2.09. The molecule has 1 aromatic heterocycles. The van der Waals surface area contributed by atoms with Gasteiger partial charge in [0.1, 0.15) is 0 Å². The van der Waals surface area contributed by atoms with Crippen LogP contribution in [-0.2, 0) is 6.54 Å². The molecule has 6 heteroatoms. The van der Waals surface area contributed by atoms with Gasteiger partial charge in [0.15, 0.2) is 0 Å². The summed E-state index contributed by atoms with van der Waals surface area (Å²) in [5.74, 6) is -1.23. The molecule has 0 saturated carbocycles. The van der Waals surface area contributed by atoms with Crippen molar-refractivity contribution in [1.29, 1.82) is 0 Å². The third-order valence-electron chi connectivity index (χ3n) is 1.02. The first-order valence-corrected chi connectivity index (χ1v) is 2.75. The molecule has 10 heavy (non-hydrogen) atoms. The topological polar surface area (TPSA) is 80.9 Å². The van der Waals surface area contributed by atoms with Crippen LogP contribution in [0.4, 0.5) is 0 Å². The van der Waals surface area contributed by atoms with E-state index < -0.39 is 5.97 Å². The number of hydrogen-bond donors (Lipinski definition) is 1. The summed E-state index contributed by atoms with van der Waals surface area (Å²) in [6.45, 7) is 2.23. The largest absolute Gasteiger partial charge is 0.475 e. The molecule has 0 aliphatic heterocycles. The molecule has 0 saturated heterocycles. The summed E-state index contributed by atoms with van der Waals surface area (Å²) in [5, 5.41) is 18.3. The summed E-state index contributed by atoms with van der Waals surface area (Å²) in [6.07, 6.45) is 0. The number of carboxylic acids is 1. The Balaban J connectivity index is 3.01. The van der Waals surface area contributed by atoms with Crippen LogP contribution in [0.5, 0.6) is 0 Å². The third kappa shape index (κ3) is 0.949. The molecule has 6 nitrogen and oxygen atoms in total. The number of nitrogens with zero attached hydrogens (tertiary/aromatic N) is 4. The number of rotatable bonds is 2. The van der Waals surface area contributed by atoms with Crippen LogP contribution in [0.15, 0.2) is 0 Å². The Bertz CT molecular complexity index is 243. The molecule has 0 aromatic carbocycles. The van der Waals surface area contributed by atoms with Crippen LogP contribution in [0.1, 0.15) is 17.5 Å². The molecular weight excluding hydrogens is 136 g/mol. The predicted octanol–water partition coefficient (Wildman–Crippen LogP) is -0.609. The van der Waals surface area contributed by atoms with Gasteiger partial charge in [0, 0.05) is 6.54 Å². The lowest BCUT2D eigenvalue weighted by atomic mass is 10.6. The maximum absolute atomic E-state index is 10.3. The van der Waals surface area contributed by atoms with Crippen molar-refractivity contribution in [2.24, 2.45) is 0 Å². The molecule has 0 aliphatic rings. The molecule has 1 aromatic rings. The van der Waals surface area contributed by atoms with Crippen molar-refractivity contribution in [3.8, 4) is 0 Å². The zero-order chi connectivity index (χ0) is 7.56. The van der Waals surface area contributed by atoms with E-state index in [4.69, 9.17) is 5.11 Å². The van der Waals surface area contributed by atoms with E-state index in [1.165, 1.54) is 4.68 Å². The quantitative estimate of drug-likeness (QED) is 0.595. The van der Waals surface area contributed by atoms with Crippen molar-refractivity contribution in [2.75, 3.05) is 0 Å². The van der Waals surface area contributed by atoms with Gasteiger partial charge in [-0.25, -0.2) is 9.48 Å². The van der Waals surface area contributed by atoms with Crippen molar-refractivity contribution < 1.29 is 9.90 Å². The number of tetrazole rings is 1. The van der Waals surface area contributed by atoms with Gasteiger partial charge in [0.25, 0.3) is 5.82 Å². The molecule has 0 unspecified atom stereocenters. The average Bonchev–Trinajstić information content (AvgIpc) is 2.33. The Kier molecular flexibility index (Phi) is 1.61. The summed E-state index contributed by atoms with van der Waals surface area (Å²) >= 11 is 0. The molecule has 0 fully saturated rings. The molecule has 0 bridgehead atoms. The van der Waals surface area contributed by atoms with E-state index in [1.54, 1.807) is 6.92 Å². The molecule has 0 spiro atoms. The van der Waals surface area contributed by atoms with Crippen LogP contribution in [-0.4, -0.2) is 31.3 Å². The fraction of sp³-hybridized carbons (Fsp3) is 0.500. The Morgan fingerprint density at radius 2 is 2.50 bits per heavy atom. The molecule has 1 N–H and O–H groups in total. The third-order valence-corrected chi connectivity index (χ3v) is 1.02. The highest BCUT2D eigenvalue weighted by Crippen LogP contribution is 1.89. The minimum Gasteiger partial charge on any atom is -0.475 e. The normalized spacial score (nSPS) is 9.70. The summed E-state index contributed by atoms with van der Waals surface area (Å²) in [4.78, 5) is 10.3. The highest BCUT2D eigenvalue weighted by atomic mass is 16.4. The van der Waals surface area contributed by atoms with E-state index in [2.05, 4.69) is 15.5 Å². The highest BCUT2D eigenvalue weighted by Gasteiger charge is 2.10. The lowest BCUT2D eigenvalue weighted by molar-refractivity contribution is 0.0676. The van der Waals surface area contributed by atoms with Crippen LogP contribution < -0.4 is 0 Å². The van der Waals surface area contributed by atoms with Crippen molar-refractivity contribution in [2.45, 2.75) is 13.5 Å². The SMILES string of the molecule is CCn1nnnc1C(=O)O. The number of carbonyl (C=O) groups is 1. The summed E-state index contributed by atoms with van der Waals surface area (Å²) in [7, 11) is 0. The molecule has 54 valence electrons. The number of hydrogen-bond acceptors (Lipinski definition) is 4. The number of aromatic carboxylic acids is 1. The Labute approximate surface area is 56.5 Å². The van der Waals surface area contributed by atoms with E-state index >= 15 is 0 Å². The smallest absolute Gasteiger partial charge is 0.375 e. The number of carboxylic acid groups (broad SMARTS) is 1. The molecule has 0 atom stereocenters. The first-order valence-electron chi connectivity index (χ1n) is 2.75. The minimum absolute atomic E-state index is 0.123. The van der Waals surface area contributed by atoms with Gasteiger partial charge in [-0.05, 0) is 17.4 Å². The van der Waals surface area contributed by atoms with Crippen molar-refractivity contribution in [3.05, 3.63) is 5.82 Å². The fourth-order valence-corrected chi connectivity index (χ4v) is 0.571. The summed E-state index contributed by atoms with van der Waals surface area (Å²) in [5.41, 5.74) is 0. The van der Waals surface area contributed by atoms with Crippen LogP contribution in [0.25, 0.3) is 0 Å². The van der Waals surface area contributed by atoms with Crippen molar-refractivity contribution in [1.82, 2.24) is 20.2 Å². The van der Waals surface area contributed by atoms with E-state index in [1.807, 2.05) is 0 Å². The molecular formula is C4H6N4O2. The Morgan fingerprint density at radius 1 is 1.80 bits per heavy atom. The van der Waals surface area contributed by atoms with Crippen LogP contribution in [0, 0.1) is 0 Å². The minimum atomic E-state index is -1.10. The van der Waals surface area contributed by atoms with E-state index in [-0.39, 0.29) is 5.82 Å².